The van der Waals surface area contributed by atoms with E-state index >= 15 is 0 Å². The Bertz CT molecular complexity index is 922. The number of benzene rings is 3. The Balaban J connectivity index is 1.75. The van der Waals surface area contributed by atoms with Crippen LogP contribution in [-0.4, -0.2) is 5.91 Å². The summed E-state index contributed by atoms with van der Waals surface area (Å²) in [4.78, 5) is 13.1. The number of para-hydroxylation sites is 2. The van der Waals surface area contributed by atoms with Gasteiger partial charge in [0.2, 0.25) is 5.91 Å². The lowest BCUT2D eigenvalue weighted by molar-refractivity contribution is -0.116. The number of ether oxygens (including phenoxy) is 1. The smallest absolute Gasteiger partial charge is 0.236 e. The highest BCUT2D eigenvalue weighted by Gasteiger charge is 2.32. The summed E-state index contributed by atoms with van der Waals surface area (Å²) >= 11 is 3.52. The number of carbonyl (C=O) groups excluding carboxylic acids is 1. The Morgan fingerprint density at radius 3 is 2.16 bits per heavy atom. The van der Waals surface area contributed by atoms with Gasteiger partial charge in [-0.15, -0.1) is 0 Å². The SMILES string of the molecule is Cc1ccc(NC(=O)C2c3ccccc3Oc3ccccc32)c(Br)c1. The highest BCUT2D eigenvalue weighted by Crippen LogP contribution is 2.44. The van der Waals surface area contributed by atoms with Crippen molar-refractivity contribution in [2.75, 3.05) is 5.32 Å². The summed E-state index contributed by atoms with van der Waals surface area (Å²) in [5.74, 6) is 0.968. The molecule has 0 aromatic heterocycles. The van der Waals surface area contributed by atoms with Gasteiger partial charge >= 0.3 is 0 Å². The molecule has 0 fully saturated rings. The van der Waals surface area contributed by atoms with Gasteiger partial charge in [0.05, 0.1) is 11.6 Å². The number of hydrogen-bond donors (Lipinski definition) is 1. The van der Waals surface area contributed by atoms with Crippen LogP contribution in [0.3, 0.4) is 0 Å². The Morgan fingerprint density at radius 1 is 0.960 bits per heavy atom. The van der Waals surface area contributed by atoms with E-state index in [1.165, 1.54) is 0 Å². The van der Waals surface area contributed by atoms with Crippen LogP contribution in [0.15, 0.2) is 71.2 Å². The highest BCUT2D eigenvalue weighted by molar-refractivity contribution is 9.10. The molecule has 0 unspecified atom stereocenters. The lowest BCUT2D eigenvalue weighted by Crippen LogP contribution is -2.25. The van der Waals surface area contributed by atoms with Crippen molar-refractivity contribution in [3.8, 4) is 11.5 Å². The zero-order chi connectivity index (χ0) is 17.4. The van der Waals surface area contributed by atoms with Crippen molar-refractivity contribution in [2.45, 2.75) is 12.8 Å². The van der Waals surface area contributed by atoms with Crippen LogP contribution < -0.4 is 10.1 Å². The third kappa shape index (κ3) is 2.94. The van der Waals surface area contributed by atoms with Crippen molar-refractivity contribution in [3.05, 3.63) is 87.9 Å². The zero-order valence-corrected chi connectivity index (χ0v) is 15.2. The van der Waals surface area contributed by atoms with Crippen molar-refractivity contribution < 1.29 is 9.53 Å². The van der Waals surface area contributed by atoms with E-state index in [9.17, 15) is 4.79 Å². The molecule has 0 spiro atoms. The second kappa shape index (κ2) is 6.37. The minimum absolute atomic E-state index is 0.0762. The average Bonchev–Trinajstić information content (AvgIpc) is 2.62. The summed E-state index contributed by atoms with van der Waals surface area (Å²) < 4.78 is 6.83. The first kappa shape index (κ1) is 15.9. The van der Waals surface area contributed by atoms with Gasteiger partial charge in [-0.1, -0.05) is 42.5 Å². The molecule has 3 aromatic carbocycles. The molecular weight excluding hydrogens is 378 g/mol. The van der Waals surface area contributed by atoms with E-state index in [0.29, 0.717) is 0 Å². The summed E-state index contributed by atoms with van der Waals surface area (Å²) in [6, 6.07) is 21.2. The number of aryl methyl sites for hydroxylation is 1. The number of anilines is 1. The maximum atomic E-state index is 13.1. The number of hydrogen-bond acceptors (Lipinski definition) is 2. The molecule has 3 aromatic rings. The first-order valence-corrected chi connectivity index (χ1v) is 8.85. The van der Waals surface area contributed by atoms with Gasteiger partial charge in [-0.2, -0.15) is 0 Å². The van der Waals surface area contributed by atoms with E-state index in [4.69, 9.17) is 4.74 Å². The Morgan fingerprint density at radius 2 is 1.56 bits per heavy atom. The third-order valence-electron chi connectivity index (χ3n) is 4.32. The molecule has 0 saturated carbocycles. The second-order valence-corrected chi connectivity index (χ2v) is 6.94. The average molecular weight is 394 g/mol. The van der Waals surface area contributed by atoms with Gasteiger partial charge in [-0.25, -0.2) is 0 Å². The monoisotopic (exact) mass is 393 g/mol. The summed E-state index contributed by atoms with van der Waals surface area (Å²) in [6.45, 7) is 2.02. The number of fused-ring (bicyclic) bond motifs is 2. The third-order valence-corrected chi connectivity index (χ3v) is 4.98. The van der Waals surface area contributed by atoms with Crippen LogP contribution >= 0.6 is 15.9 Å². The minimum atomic E-state index is -0.408. The van der Waals surface area contributed by atoms with Gasteiger partial charge in [0.15, 0.2) is 0 Å². The molecule has 1 heterocycles. The van der Waals surface area contributed by atoms with Gasteiger partial charge in [0, 0.05) is 15.6 Å². The Labute approximate surface area is 154 Å². The van der Waals surface area contributed by atoms with Crippen molar-refractivity contribution in [2.24, 2.45) is 0 Å². The van der Waals surface area contributed by atoms with Crippen molar-refractivity contribution >= 4 is 27.5 Å². The van der Waals surface area contributed by atoms with Crippen LogP contribution in [0.2, 0.25) is 0 Å². The van der Waals surface area contributed by atoms with Crippen LogP contribution in [0.25, 0.3) is 0 Å². The fourth-order valence-electron chi connectivity index (χ4n) is 3.12. The number of nitrogens with one attached hydrogen (secondary N) is 1. The van der Waals surface area contributed by atoms with Crippen LogP contribution in [-0.2, 0) is 4.79 Å². The standard InChI is InChI=1S/C21H16BrNO2/c1-13-10-11-17(16(22)12-13)23-21(24)20-14-6-2-4-8-18(14)25-19-9-5-3-7-15(19)20/h2-12,20H,1H3,(H,23,24). The molecule has 1 N–H and O–H groups in total. The van der Waals surface area contributed by atoms with Gasteiger partial charge in [-0.3, -0.25) is 4.79 Å². The fraction of sp³-hybridized carbons (Fsp3) is 0.0952. The molecule has 25 heavy (non-hydrogen) atoms. The highest BCUT2D eigenvalue weighted by atomic mass is 79.9. The molecule has 1 amide bonds. The van der Waals surface area contributed by atoms with E-state index in [1.807, 2.05) is 73.7 Å². The molecule has 0 bridgehead atoms. The number of amides is 1. The van der Waals surface area contributed by atoms with E-state index in [-0.39, 0.29) is 5.91 Å². The normalized spacial score (nSPS) is 12.7. The summed E-state index contributed by atoms with van der Waals surface area (Å²) in [5, 5.41) is 3.05. The molecule has 4 heteroatoms. The van der Waals surface area contributed by atoms with Gasteiger partial charge in [0.25, 0.3) is 0 Å². The van der Waals surface area contributed by atoms with Crippen molar-refractivity contribution in [1.82, 2.24) is 0 Å². The summed E-state index contributed by atoms with van der Waals surface area (Å²) in [5.41, 5.74) is 3.65. The fourth-order valence-corrected chi connectivity index (χ4v) is 3.71. The van der Waals surface area contributed by atoms with Crippen LogP contribution in [0.5, 0.6) is 11.5 Å². The van der Waals surface area contributed by atoms with E-state index in [0.717, 1.165) is 38.3 Å². The molecule has 0 atom stereocenters. The molecule has 1 aliphatic heterocycles. The topological polar surface area (TPSA) is 38.3 Å². The summed E-state index contributed by atoms with van der Waals surface area (Å²) in [6.07, 6.45) is 0. The number of rotatable bonds is 2. The van der Waals surface area contributed by atoms with E-state index < -0.39 is 5.92 Å². The molecule has 0 radical (unpaired) electrons. The Kier molecular flexibility index (Phi) is 4.06. The molecule has 0 saturated heterocycles. The molecule has 4 rings (SSSR count). The van der Waals surface area contributed by atoms with E-state index in [2.05, 4.69) is 21.2 Å². The first-order chi connectivity index (χ1) is 12.1. The number of carbonyl (C=O) groups is 1. The quantitative estimate of drug-likeness (QED) is 0.612. The van der Waals surface area contributed by atoms with Crippen LogP contribution in [0.4, 0.5) is 5.69 Å². The van der Waals surface area contributed by atoms with Crippen LogP contribution in [0, 0.1) is 6.92 Å². The number of halogens is 1. The maximum absolute atomic E-state index is 13.1. The largest absolute Gasteiger partial charge is 0.457 e. The molecule has 1 aliphatic rings. The predicted molar refractivity (Wildman–Crippen MR) is 102 cm³/mol. The van der Waals surface area contributed by atoms with E-state index in [1.54, 1.807) is 0 Å². The lowest BCUT2D eigenvalue weighted by Gasteiger charge is -2.27. The summed E-state index contributed by atoms with van der Waals surface area (Å²) in [7, 11) is 0. The first-order valence-electron chi connectivity index (χ1n) is 8.06. The predicted octanol–water partition coefficient (Wildman–Crippen LogP) is 5.63. The van der Waals surface area contributed by atoms with Crippen molar-refractivity contribution in [1.29, 1.82) is 0 Å². The van der Waals surface area contributed by atoms with Crippen LogP contribution in [0.1, 0.15) is 22.6 Å². The lowest BCUT2D eigenvalue weighted by atomic mass is 9.87. The molecule has 0 aliphatic carbocycles. The molecule has 3 nitrogen and oxygen atoms in total. The van der Waals surface area contributed by atoms with Crippen molar-refractivity contribution in [3.63, 3.8) is 0 Å². The molecular formula is C21H16BrNO2. The Hall–Kier alpha value is -2.59. The van der Waals surface area contributed by atoms with Gasteiger partial charge in [-0.05, 0) is 52.7 Å². The minimum Gasteiger partial charge on any atom is -0.457 e. The molecule has 124 valence electrons. The van der Waals surface area contributed by atoms with Gasteiger partial charge in [0.1, 0.15) is 11.5 Å². The van der Waals surface area contributed by atoms with Gasteiger partial charge < -0.3 is 10.1 Å². The maximum Gasteiger partial charge on any atom is 0.236 e. The zero-order valence-electron chi connectivity index (χ0n) is 13.6. The second-order valence-electron chi connectivity index (χ2n) is 6.08.